The number of imide groups is 1. The second-order valence-electron chi connectivity index (χ2n) is 9.37. The van der Waals surface area contributed by atoms with Crippen molar-refractivity contribution in [2.45, 2.75) is 18.4 Å². The first-order valence-electron chi connectivity index (χ1n) is 12.4. The fourth-order valence-electron chi connectivity index (χ4n) is 5.08. The van der Waals surface area contributed by atoms with Crippen LogP contribution in [0.4, 0.5) is 4.79 Å². The van der Waals surface area contributed by atoms with E-state index in [0.29, 0.717) is 18.2 Å². The first-order chi connectivity index (χ1) is 18.5. The minimum absolute atomic E-state index is 0.00662. The second-order valence-corrected chi connectivity index (χ2v) is 9.37. The molecule has 1 aliphatic carbocycles. The molecule has 38 heavy (non-hydrogen) atoms. The van der Waals surface area contributed by atoms with Crippen LogP contribution in [0, 0.1) is 0 Å². The van der Waals surface area contributed by atoms with Crippen LogP contribution in [0.15, 0.2) is 72.8 Å². The molecule has 0 atom stereocenters. The average Bonchev–Trinajstić information content (AvgIpc) is 3.36. The standard InChI is InChI=1S/C29H24N2O7/c32-26(38-31-27(33)23-11-5-6-12-24(23)28(31)34)13-14-36-18-15-30(16-18)29(35)37-17-25-21-9-3-1-7-19(21)20-8-2-4-10-22(20)25/h1-12,18,25H,13-17H2. The molecular weight excluding hydrogens is 488 g/mol. The topological polar surface area (TPSA) is 102 Å². The molecule has 192 valence electrons. The van der Waals surface area contributed by atoms with Gasteiger partial charge in [-0.25, -0.2) is 9.59 Å². The number of hydrogen-bond donors (Lipinski definition) is 0. The number of hydrogen-bond acceptors (Lipinski definition) is 7. The van der Waals surface area contributed by atoms with E-state index in [2.05, 4.69) is 24.3 Å². The van der Waals surface area contributed by atoms with E-state index in [1.165, 1.54) is 23.3 Å². The van der Waals surface area contributed by atoms with E-state index in [0.717, 1.165) is 11.1 Å². The van der Waals surface area contributed by atoms with Gasteiger partial charge in [0.1, 0.15) is 6.61 Å². The summed E-state index contributed by atoms with van der Waals surface area (Å²) in [5.41, 5.74) is 5.04. The number of carbonyl (C=O) groups is 4. The molecule has 0 spiro atoms. The Balaban J connectivity index is 0.930. The van der Waals surface area contributed by atoms with Crippen molar-refractivity contribution in [3.05, 3.63) is 95.1 Å². The Morgan fingerprint density at radius 2 is 1.29 bits per heavy atom. The number of fused-ring (bicyclic) bond motifs is 4. The maximum atomic E-state index is 12.6. The number of nitrogens with zero attached hydrogens (tertiary/aromatic N) is 2. The second kappa shape index (κ2) is 9.75. The van der Waals surface area contributed by atoms with Gasteiger partial charge >= 0.3 is 12.1 Å². The number of ether oxygens (including phenoxy) is 2. The highest BCUT2D eigenvalue weighted by Gasteiger charge is 2.39. The van der Waals surface area contributed by atoms with E-state index in [9.17, 15) is 19.2 Å². The monoisotopic (exact) mass is 512 g/mol. The highest BCUT2D eigenvalue weighted by Crippen LogP contribution is 2.44. The third-order valence-electron chi connectivity index (χ3n) is 7.05. The highest BCUT2D eigenvalue weighted by atomic mass is 16.7. The summed E-state index contributed by atoms with van der Waals surface area (Å²) < 4.78 is 11.3. The Morgan fingerprint density at radius 3 is 1.87 bits per heavy atom. The quantitative estimate of drug-likeness (QED) is 0.444. The molecule has 6 rings (SSSR count). The van der Waals surface area contributed by atoms with Gasteiger partial charge in [0.25, 0.3) is 11.8 Å². The fourth-order valence-corrected chi connectivity index (χ4v) is 5.08. The molecule has 3 aromatic carbocycles. The van der Waals surface area contributed by atoms with Crippen molar-refractivity contribution in [3.63, 3.8) is 0 Å². The van der Waals surface area contributed by atoms with Gasteiger partial charge in [-0.3, -0.25) is 9.59 Å². The number of carbonyl (C=O) groups excluding carboxylic acids is 4. The summed E-state index contributed by atoms with van der Waals surface area (Å²) in [5, 5.41) is 0.481. The summed E-state index contributed by atoms with van der Waals surface area (Å²) in [7, 11) is 0. The van der Waals surface area contributed by atoms with Crippen LogP contribution in [-0.2, 0) is 19.1 Å². The average molecular weight is 513 g/mol. The first kappa shape index (κ1) is 23.9. The van der Waals surface area contributed by atoms with E-state index in [1.54, 1.807) is 17.0 Å². The van der Waals surface area contributed by atoms with Crippen molar-refractivity contribution in [2.24, 2.45) is 0 Å². The third-order valence-corrected chi connectivity index (χ3v) is 7.05. The van der Waals surface area contributed by atoms with Gasteiger partial charge in [-0.15, -0.1) is 0 Å². The molecule has 9 nitrogen and oxygen atoms in total. The molecule has 0 radical (unpaired) electrons. The summed E-state index contributed by atoms with van der Waals surface area (Å²) in [6.07, 6.45) is -0.784. The van der Waals surface area contributed by atoms with E-state index in [-0.39, 0.29) is 42.8 Å². The summed E-state index contributed by atoms with van der Waals surface area (Å²) in [4.78, 5) is 55.8. The van der Waals surface area contributed by atoms with Crippen molar-refractivity contribution in [1.82, 2.24) is 9.96 Å². The van der Waals surface area contributed by atoms with Gasteiger partial charge in [0.05, 0.1) is 43.3 Å². The zero-order valence-electron chi connectivity index (χ0n) is 20.4. The van der Waals surface area contributed by atoms with Gasteiger partial charge < -0.3 is 19.2 Å². The van der Waals surface area contributed by atoms with Crippen molar-refractivity contribution >= 4 is 23.9 Å². The van der Waals surface area contributed by atoms with Crippen molar-refractivity contribution in [3.8, 4) is 11.1 Å². The van der Waals surface area contributed by atoms with Gasteiger partial charge in [0.15, 0.2) is 0 Å². The Hall–Kier alpha value is -4.50. The molecule has 3 aliphatic rings. The van der Waals surface area contributed by atoms with Crippen LogP contribution in [0.2, 0.25) is 0 Å². The molecule has 2 heterocycles. The predicted octanol–water partition coefficient (Wildman–Crippen LogP) is 3.78. The van der Waals surface area contributed by atoms with E-state index in [4.69, 9.17) is 14.3 Å². The molecule has 0 aromatic heterocycles. The zero-order chi connectivity index (χ0) is 26.2. The van der Waals surface area contributed by atoms with Gasteiger partial charge in [0, 0.05) is 5.92 Å². The Morgan fingerprint density at radius 1 is 0.763 bits per heavy atom. The maximum Gasteiger partial charge on any atom is 0.409 e. The lowest BCUT2D eigenvalue weighted by Gasteiger charge is -2.38. The largest absolute Gasteiger partial charge is 0.448 e. The van der Waals surface area contributed by atoms with Crippen LogP contribution in [0.5, 0.6) is 0 Å². The molecule has 3 amide bonds. The number of amides is 3. The molecule has 1 saturated heterocycles. The number of likely N-dealkylation sites (tertiary alicyclic amines) is 1. The number of rotatable bonds is 7. The van der Waals surface area contributed by atoms with Crippen molar-refractivity contribution < 1.29 is 33.5 Å². The van der Waals surface area contributed by atoms with Gasteiger partial charge in [-0.05, 0) is 34.4 Å². The highest BCUT2D eigenvalue weighted by molar-refractivity contribution is 6.20. The third kappa shape index (κ3) is 4.20. The Labute approximate surface area is 218 Å². The Kier molecular flexibility index (Phi) is 6.13. The minimum atomic E-state index is -0.757. The molecule has 0 unspecified atom stereocenters. The SMILES string of the molecule is O=C(CCOC1CN(C(=O)OCC2c3ccccc3-c3ccccc32)C1)ON1C(=O)c2ccccc2C1=O. The number of benzene rings is 3. The lowest BCUT2D eigenvalue weighted by molar-refractivity contribution is -0.170. The normalized spacial score (nSPS) is 16.1. The van der Waals surface area contributed by atoms with Crippen LogP contribution >= 0.6 is 0 Å². The molecule has 9 heteroatoms. The molecular formula is C29H24N2O7. The van der Waals surface area contributed by atoms with Crippen molar-refractivity contribution in [1.29, 1.82) is 0 Å². The molecule has 1 fully saturated rings. The Bertz CT molecular complexity index is 1370. The smallest absolute Gasteiger partial charge is 0.409 e. The zero-order valence-corrected chi connectivity index (χ0v) is 20.4. The van der Waals surface area contributed by atoms with Crippen LogP contribution in [0.3, 0.4) is 0 Å². The van der Waals surface area contributed by atoms with Crippen LogP contribution < -0.4 is 0 Å². The van der Waals surface area contributed by atoms with E-state index >= 15 is 0 Å². The summed E-state index contributed by atoms with van der Waals surface area (Å²) >= 11 is 0. The van der Waals surface area contributed by atoms with Gasteiger partial charge in [0.2, 0.25) is 0 Å². The van der Waals surface area contributed by atoms with Crippen LogP contribution in [0.1, 0.15) is 44.2 Å². The summed E-state index contributed by atoms with van der Waals surface area (Å²) in [5.74, 6) is -2.10. The number of hydroxylamine groups is 2. The lowest BCUT2D eigenvalue weighted by Crippen LogP contribution is -2.55. The molecule has 3 aromatic rings. The molecule has 2 aliphatic heterocycles. The molecule has 0 saturated carbocycles. The van der Waals surface area contributed by atoms with Crippen LogP contribution in [-0.4, -0.2) is 66.2 Å². The fraction of sp³-hybridized carbons (Fsp3) is 0.241. The molecule has 0 N–H and O–H groups in total. The van der Waals surface area contributed by atoms with Crippen molar-refractivity contribution in [2.75, 3.05) is 26.3 Å². The predicted molar refractivity (Wildman–Crippen MR) is 134 cm³/mol. The lowest BCUT2D eigenvalue weighted by atomic mass is 9.98. The summed E-state index contributed by atoms with van der Waals surface area (Å²) in [6, 6.07) is 22.6. The maximum absolute atomic E-state index is 12.6. The molecule has 0 bridgehead atoms. The van der Waals surface area contributed by atoms with Crippen LogP contribution in [0.25, 0.3) is 11.1 Å². The first-order valence-corrected chi connectivity index (χ1v) is 12.4. The minimum Gasteiger partial charge on any atom is -0.448 e. The van der Waals surface area contributed by atoms with E-state index < -0.39 is 23.9 Å². The summed E-state index contributed by atoms with van der Waals surface area (Å²) in [6.45, 7) is 0.984. The van der Waals surface area contributed by atoms with Gasteiger partial charge in [-0.2, -0.15) is 0 Å². The van der Waals surface area contributed by atoms with Gasteiger partial charge in [-0.1, -0.05) is 65.7 Å². The van der Waals surface area contributed by atoms with E-state index in [1.807, 2.05) is 24.3 Å².